The molecule has 0 saturated heterocycles. The van der Waals surface area contributed by atoms with Crippen LogP contribution in [0.1, 0.15) is 31.0 Å². The fraction of sp³-hybridized carbons (Fsp3) is 0.200. The lowest BCUT2D eigenvalue weighted by Gasteiger charge is -2.38. The predicted octanol–water partition coefficient (Wildman–Crippen LogP) is 5.51. The first-order chi connectivity index (χ1) is 12.4. The predicted molar refractivity (Wildman–Crippen MR) is 116 cm³/mol. The van der Waals surface area contributed by atoms with Crippen molar-refractivity contribution >= 4 is 55.0 Å². The number of thiocarbonyl (C=S) groups is 1. The maximum absolute atomic E-state index is 12.4. The molecule has 1 aliphatic heterocycles. The number of rotatable bonds is 4. The lowest BCUT2D eigenvalue weighted by molar-refractivity contribution is -0.114. The van der Waals surface area contributed by atoms with Crippen LogP contribution in [0.2, 0.25) is 0 Å². The van der Waals surface area contributed by atoms with Crippen molar-refractivity contribution in [2.24, 2.45) is 0 Å². The minimum atomic E-state index is -0.237. The van der Waals surface area contributed by atoms with Gasteiger partial charge in [-0.25, -0.2) is 0 Å². The fourth-order valence-electron chi connectivity index (χ4n) is 3.14. The van der Waals surface area contributed by atoms with E-state index in [4.69, 9.17) is 12.2 Å². The first kappa shape index (κ1) is 19.3. The fourth-order valence-corrected chi connectivity index (χ4v) is 4.14. The Morgan fingerprint density at radius 3 is 2.46 bits per heavy atom. The van der Waals surface area contributed by atoms with E-state index in [2.05, 4.69) is 37.2 Å². The number of hydrogen-bond donors (Lipinski definition) is 1. The molecule has 1 atom stereocenters. The van der Waals surface area contributed by atoms with Gasteiger partial charge in [0.2, 0.25) is 0 Å². The number of carbonyl (C=O) groups excluding carboxylic acids is 1. The van der Waals surface area contributed by atoms with Crippen molar-refractivity contribution < 1.29 is 4.79 Å². The zero-order valence-electron chi connectivity index (χ0n) is 14.4. The van der Waals surface area contributed by atoms with Crippen LogP contribution in [0.3, 0.4) is 0 Å². The van der Waals surface area contributed by atoms with Crippen molar-refractivity contribution in [3.8, 4) is 0 Å². The van der Waals surface area contributed by atoms with Gasteiger partial charge in [-0.2, -0.15) is 0 Å². The number of Topliss-reactive ketones (excluding diaryl/α,β-unsaturated/α-hetero) is 1. The van der Waals surface area contributed by atoms with Gasteiger partial charge in [0.1, 0.15) is 0 Å². The summed E-state index contributed by atoms with van der Waals surface area (Å²) in [6.45, 7) is 4.19. The summed E-state index contributed by atoms with van der Waals surface area (Å²) >= 11 is 12.6. The lowest BCUT2D eigenvalue weighted by atomic mass is 9.92. The number of hydrogen-bond acceptors (Lipinski definition) is 2. The quantitative estimate of drug-likeness (QED) is 0.569. The van der Waals surface area contributed by atoms with E-state index >= 15 is 0 Å². The third kappa shape index (κ3) is 4.08. The van der Waals surface area contributed by atoms with Gasteiger partial charge >= 0.3 is 0 Å². The Hall–Kier alpha value is -1.50. The Labute approximate surface area is 175 Å². The number of benzene rings is 2. The topological polar surface area (TPSA) is 32.3 Å². The molecule has 2 aromatic carbocycles. The second-order valence-electron chi connectivity index (χ2n) is 6.21. The van der Waals surface area contributed by atoms with Crippen LogP contribution in [-0.4, -0.2) is 15.8 Å². The van der Waals surface area contributed by atoms with E-state index in [9.17, 15) is 4.79 Å². The molecule has 1 aliphatic rings. The van der Waals surface area contributed by atoms with Gasteiger partial charge in [0.25, 0.3) is 0 Å². The summed E-state index contributed by atoms with van der Waals surface area (Å²) in [5, 5.41) is 3.98. The summed E-state index contributed by atoms with van der Waals surface area (Å²) in [6, 6.07) is 15.8. The second-order valence-corrected chi connectivity index (χ2v) is 8.42. The van der Waals surface area contributed by atoms with E-state index in [1.54, 1.807) is 6.92 Å². The zero-order chi connectivity index (χ0) is 18.8. The van der Waals surface area contributed by atoms with Crippen LogP contribution < -0.4 is 5.32 Å². The maximum atomic E-state index is 12.4. The molecule has 1 N–H and O–H groups in total. The molecule has 0 aromatic heterocycles. The van der Waals surface area contributed by atoms with Crippen molar-refractivity contribution in [3.63, 3.8) is 0 Å². The van der Waals surface area contributed by atoms with Crippen LogP contribution in [0.15, 0.2) is 68.7 Å². The van der Waals surface area contributed by atoms with Crippen LogP contribution in [-0.2, 0) is 11.3 Å². The van der Waals surface area contributed by atoms with Crippen LogP contribution in [0.4, 0.5) is 0 Å². The van der Waals surface area contributed by atoms with Crippen LogP contribution >= 0.6 is 44.1 Å². The number of nitrogens with one attached hydrogen (secondary N) is 1. The molecular weight excluding hydrogens is 476 g/mol. The van der Waals surface area contributed by atoms with E-state index < -0.39 is 0 Å². The summed E-state index contributed by atoms with van der Waals surface area (Å²) in [6.07, 6.45) is 0. The number of halogens is 2. The van der Waals surface area contributed by atoms with Crippen molar-refractivity contribution in [1.82, 2.24) is 10.2 Å². The average molecular weight is 494 g/mol. The van der Waals surface area contributed by atoms with Gasteiger partial charge in [0, 0.05) is 26.8 Å². The standard InChI is InChI=1S/C20H18Br2N2OS/c1-12-18(13(2)25)19(15-4-3-5-17(22)10-15)23-20(26)24(12)11-14-6-8-16(21)9-7-14/h3-10,19H,11H2,1-2H3,(H,23,26). The van der Waals surface area contributed by atoms with Crippen molar-refractivity contribution in [2.45, 2.75) is 26.4 Å². The van der Waals surface area contributed by atoms with E-state index in [0.717, 1.165) is 31.3 Å². The van der Waals surface area contributed by atoms with E-state index in [1.807, 2.05) is 60.4 Å². The van der Waals surface area contributed by atoms with Gasteiger partial charge in [0.15, 0.2) is 10.9 Å². The molecule has 0 fully saturated rings. The lowest BCUT2D eigenvalue weighted by Crippen LogP contribution is -2.47. The Kier molecular flexibility index (Phi) is 5.95. The summed E-state index contributed by atoms with van der Waals surface area (Å²) < 4.78 is 2.01. The number of allylic oxidation sites excluding steroid dienone is 1. The van der Waals surface area contributed by atoms with Crippen LogP contribution in [0, 0.1) is 0 Å². The van der Waals surface area contributed by atoms with Gasteiger partial charge in [-0.15, -0.1) is 0 Å². The number of ketones is 1. The minimum Gasteiger partial charge on any atom is -0.351 e. The molecule has 3 nitrogen and oxygen atoms in total. The highest BCUT2D eigenvalue weighted by Crippen LogP contribution is 2.33. The first-order valence-electron chi connectivity index (χ1n) is 8.16. The molecule has 1 unspecified atom stereocenters. The zero-order valence-corrected chi connectivity index (χ0v) is 18.4. The molecule has 0 amide bonds. The molecule has 134 valence electrons. The Morgan fingerprint density at radius 2 is 1.85 bits per heavy atom. The molecule has 26 heavy (non-hydrogen) atoms. The third-order valence-electron chi connectivity index (χ3n) is 4.41. The van der Waals surface area contributed by atoms with Crippen molar-refractivity contribution in [2.75, 3.05) is 0 Å². The molecule has 0 bridgehead atoms. The summed E-state index contributed by atoms with van der Waals surface area (Å²) in [5.41, 5.74) is 3.78. The summed E-state index contributed by atoms with van der Waals surface area (Å²) in [7, 11) is 0. The summed E-state index contributed by atoms with van der Waals surface area (Å²) in [5.74, 6) is 0.0447. The molecule has 3 rings (SSSR count). The molecule has 0 aliphatic carbocycles. The minimum absolute atomic E-state index is 0.0447. The van der Waals surface area contributed by atoms with Gasteiger partial charge in [0.05, 0.1) is 6.04 Å². The van der Waals surface area contributed by atoms with E-state index in [0.29, 0.717) is 11.7 Å². The van der Waals surface area contributed by atoms with Gasteiger partial charge in [-0.1, -0.05) is 56.1 Å². The number of nitrogens with zero attached hydrogens (tertiary/aromatic N) is 1. The molecule has 1 heterocycles. The van der Waals surface area contributed by atoms with Crippen molar-refractivity contribution in [3.05, 3.63) is 79.9 Å². The Bertz CT molecular complexity index is 893. The number of carbonyl (C=O) groups is 1. The molecule has 2 aromatic rings. The Balaban J connectivity index is 1.99. The van der Waals surface area contributed by atoms with Gasteiger partial charge < -0.3 is 10.2 Å². The smallest absolute Gasteiger partial charge is 0.174 e. The SMILES string of the molecule is CC(=O)C1=C(C)N(Cc2ccc(Br)cc2)C(=S)NC1c1cccc(Br)c1. The molecule has 0 radical (unpaired) electrons. The van der Waals surface area contributed by atoms with E-state index in [-0.39, 0.29) is 11.8 Å². The summed E-state index contributed by atoms with van der Waals surface area (Å²) in [4.78, 5) is 14.4. The monoisotopic (exact) mass is 492 g/mol. The van der Waals surface area contributed by atoms with Gasteiger partial charge in [-0.05, 0) is 61.5 Å². The second kappa shape index (κ2) is 8.03. The third-order valence-corrected chi connectivity index (χ3v) is 5.77. The van der Waals surface area contributed by atoms with Gasteiger partial charge in [-0.3, -0.25) is 4.79 Å². The van der Waals surface area contributed by atoms with Crippen molar-refractivity contribution in [1.29, 1.82) is 0 Å². The highest BCUT2D eigenvalue weighted by molar-refractivity contribution is 9.10. The highest BCUT2D eigenvalue weighted by Gasteiger charge is 2.32. The first-order valence-corrected chi connectivity index (χ1v) is 10.2. The highest BCUT2D eigenvalue weighted by atomic mass is 79.9. The molecule has 6 heteroatoms. The van der Waals surface area contributed by atoms with E-state index in [1.165, 1.54) is 0 Å². The average Bonchev–Trinajstić information content (AvgIpc) is 2.59. The molecular formula is C20H18Br2N2OS. The molecule has 0 spiro atoms. The largest absolute Gasteiger partial charge is 0.351 e. The maximum Gasteiger partial charge on any atom is 0.174 e. The Morgan fingerprint density at radius 1 is 1.15 bits per heavy atom. The normalized spacial score (nSPS) is 17.3. The van der Waals surface area contributed by atoms with Crippen LogP contribution in [0.5, 0.6) is 0 Å². The van der Waals surface area contributed by atoms with Crippen LogP contribution in [0.25, 0.3) is 0 Å². The molecule has 0 saturated carbocycles.